The van der Waals surface area contributed by atoms with Gasteiger partial charge in [-0.3, -0.25) is 19.3 Å². The molecule has 6 nitrogen and oxygen atoms in total. The highest BCUT2D eigenvalue weighted by Gasteiger charge is 2.30. The number of benzene rings is 1. The van der Waals surface area contributed by atoms with Crippen LogP contribution in [-0.4, -0.2) is 40.8 Å². The summed E-state index contributed by atoms with van der Waals surface area (Å²) in [6.45, 7) is -0.287. The molecule has 0 atom stereocenters. The Morgan fingerprint density at radius 3 is 2.48 bits per heavy atom. The van der Waals surface area contributed by atoms with Crippen molar-refractivity contribution in [2.45, 2.75) is 19.3 Å². The maximum absolute atomic E-state index is 12.1. The van der Waals surface area contributed by atoms with Gasteiger partial charge in [-0.15, -0.1) is 0 Å². The van der Waals surface area contributed by atoms with Crippen LogP contribution in [0.15, 0.2) is 36.0 Å². The van der Waals surface area contributed by atoms with Gasteiger partial charge in [0.2, 0.25) is 0 Å². The van der Waals surface area contributed by atoms with Crippen molar-refractivity contribution >= 4 is 23.3 Å². The Balaban J connectivity index is 1.67. The van der Waals surface area contributed by atoms with Gasteiger partial charge in [0.05, 0.1) is 13.2 Å². The molecule has 3 rings (SSSR count). The van der Waals surface area contributed by atoms with Gasteiger partial charge in [0, 0.05) is 23.2 Å². The fourth-order valence-electron chi connectivity index (χ4n) is 2.69. The van der Waals surface area contributed by atoms with Crippen LogP contribution in [0, 0.1) is 5.92 Å². The largest absolute Gasteiger partial charge is 0.395 e. The summed E-state index contributed by atoms with van der Waals surface area (Å²) in [4.78, 5) is 36.8. The normalized spacial score (nSPS) is 18.0. The first-order valence-electron chi connectivity index (χ1n) is 7.70. The van der Waals surface area contributed by atoms with Gasteiger partial charge < -0.3 is 10.4 Å². The number of ketones is 1. The number of amides is 2. The van der Waals surface area contributed by atoms with Gasteiger partial charge in [0.25, 0.3) is 11.8 Å². The van der Waals surface area contributed by atoms with Crippen molar-refractivity contribution in [2.75, 3.05) is 18.5 Å². The monoisotopic (exact) mass is 314 g/mol. The van der Waals surface area contributed by atoms with Gasteiger partial charge >= 0.3 is 0 Å². The van der Waals surface area contributed by atoms with E-state index in [1.165, 1.54) is 6.08 Å². The molecule has 0 unspecified atom stereocenters. The second-order valence-electron chi connectivity index (χ2n) is 5.77. The molecular formula is C17H18N2O4. The number of anilines is 1. The number of nitrogens with zero attached hydrogens (tertiary/aromatic N) is 1. The summed E-state index contributed by atoms with van der Waals surface area (Å²) in [5.41, 5.74) is 1.47. The quantitative estimate of drug-likeness (QED) is 0.611. The number of carbonyl (C=O) groups excluding carboxylic acids is 3. The van der Waals surface area contributed by atoms with Crippen molar-refractivity contribution in [3.05, 3.63) is 41.6 Å². The third kappa shape index (κ3) is 3.03. The second-order valence-corrected chi connectivity index (χ2v) is 5.77. The van der Waals surface area contributed by atoms with Gasteiger partial charge in [0.15, 0.2) is 5.78 Å². The van der Waals surface area contributed by atoms with Crippen LogP contribution in [0.25, 0.3) is 0 Å². The first kappa shape index (κ1) is 15.4. The number of β-amino-alcohol motifs (C(OH)–C–C–N with tert-alkyl or cyclic N) is 1. The van der Waals surface area contributed by atoms with Gasteiger partial charge in [-0.25, -0.2) is 0 Å². The van der Waals surface area contributed by atoms with Crippen LogP contribution in [-0.2, 0) is 9.59 Å². The van der Waals surface area contributed by atoms with Crippen molar-refractivity contribution in [3.8, 4) is 0 Å². The topological polar surface area (TPSA) is 86.7 Å². The fourth-order valence-corrected chi connectivity index (χ4v) is 2.69. The zero-order chi connectivity index (χ0) is 16.4. The third-order valence-electron chi connectivity index (χ3n) is 4.26. The number of Topliss-reactive ketones (excluding diaryl/α,β-unsaturated/α-hetero) is 1. The Bertz CT molecular complexity index is 674. The SMILES string of the molecule is O=C(c1ccc(NC2=CC(=O)N(CCO)C2=O)cc1)C1CCC1. The highest BCUT2D eigenvalue weighted by atomic mass is 16.3. The fraction of sp³-hybridized carbons (Fsp3) is 0.353. The number of imide groups is 1. The van der Waals surface area contributed by atoms with Crippen molar-refractivity contribution in [3.63, 3.8) is 0 Å². The molecule has 6 heteroatoms. The Labute approximate surface area is 133 Å². The lowest BCUT2D eigenvalue weighted by atomic mass is 9.80. The van der Waals surface area contributed by atoms with Crippen molar-refractivity contribution in [1.29, 1.82) is 0 Å². The third-order valence-corrected chi connectivity index (χ3v) is 4.26. The summed E-state index contributed by atoms with van der Waals surface area (Å²) in [5, 5.41) is 11.8. The van der Waals surface area contributed by atoms with Crippen molar-refractivity contribution < 1.29 is 19.5 Å². The van der Waals surface area contributed by atoms with Gasteiger partial charge in [0.1, 0.15) is 5.70 Å². The van der Waals surface area contributed by atoms with Crippen LogP contribution in [0.3, 0.4) is 0 Å². The van der Waals surface area contributed by atoms with Crippen molar-refractivity contribution in [2.24, 2.45) is 5.92 Å². The first-order valence-corrected chi connectivity index (χ1v) is 7.70. The zero-order valence-electron chi connectivity index (χ0n) is 12.6. The molecule has 120 valence electrons. The lowest BCUT2D eigenvalue weighted by Gasteiger charge is -2.23. The Morgan fingerprint density at radius 2 is 1.91 bits per heavy atom. The molecule has 23 heavy (non-hydrogen) atoms. The predicted molar refractivity (Wildman–Crippen MR) is 83.6 cm³/mol. The molecule has 1 heterocycles. The zero-order valence-corrected chi connectivity index (χ0v) is 12.6. The number of rotatable bonds is 6. The highest BCUT2D eigenvalue weighted by Crippen LogP contribution is 2.30. The first-order chi connectivity index (χ1) is 11.1. The van der Waals surface area contributed by atoms with Crippen LogP contribution in [0.4, 0.5) is 5.69 Å². The van der Waals surface area contributed by atoms with E-state index >= 15 is 0 Å². The Hall–Kier alpha value is -2.47. The number of hydrogen-bond acceptors (Lipinski definition) is 5. The summed E-state index contributed by atoms with van der Waals surface area (Å²) in [6.07, 6.45) is 4.25. The molecule has 1 aliphatic carbocycles. The van der Waals surface area contributed by atoms with Crippen LogP contribution in [0.2, 0.25) is 0 Å². The van der Waals surface area contributed by atoms with Gasteiger partial charge in [-0.2, -0.15) is 0 Å². The highest BCUT2D eigenvalue weighted by molar-refractivity contribution is 6.17. The summed E-state index contributed by atoms with van der Waals surface area (Å²) in [6, 6.07) is 6.91. The molecule has 2 amide bonds. The smallest absolute Gasteiger partial charge is 0.277 e. The molecule has 0 radical (unpaired) electrons. The van der Waals surface area contributed by atoms with E-state index in [-0.39, 0.29) is 30.5 Å². The maximum atomic E-state index is 12.1. The van der Waals surface area contributed by atoms with Crippen LogP contribution in [0.1, 0.15) is 29.6 Å². The number of nitrogens with one attached hydrogen (secondary N) is 1. The van der Waals surface area contributed by atoms with E-state index < -0.39 is 11.8 Å². The molecule has 0 saturated heterocycles. The standard InChI is InChI=1S/C17H18N2O4/c20-9-8-19-15(21)10-14(17(19)23)18-13-6-4-12(5-7-13)16(22)11-2-1-3-11/h4-7,10-11,18,20H,1-3,8-9H2. The Kier molecular flexibility index (Phi) is 4.25. The summed E-state index contributed by atoms with van der Waals surface area (Å²) in [7, 11) is 0. The molecule has 2 aliphatic rings. The summed E-state index contributed by atoms with van der Waals surface area (Å²) in [5.74, 6) is -0.581. The minimum absolute atomic E-state index is 0.0197. The van der Waals surface area contributed by atoms with E-state index in [0.29, 0.717) is 11.3 Å². The van der Waals surface area contributed by atoms with E-state index in [0.717, 1.165) is 24.2 Å². The predicted octanol–water partition coefficient (Wildman–Crippen LogP) is 1.33. The van der Waals surface area contributed by atoms with E-state index in [1.54, 1.807) is 24.3 Å². The van der Waals surface area contributed by atoms with Gasteiger partial charge in [-0.05, 0) is 37.1 Å². The molecule has 0 spiro atoms. The Morgan fingerprint density at radius 1 is 1.22 bits per heavy atom. The number of carbonyl (C=O) groups is 3. The summed E-state index contributed by atoms with van der Waals surface area (Å²) >= 11 is 0. The maximum Gasteiger partial charge on any atom is 0.277 e. The van der Waals surface area contributed by atoms with E-state index in [1.807, 2.05) is 0 Å². The van der Waals surface area contributed by atoms with Crippen LogP contribution >= 0.6 is 0 Å². The van der Waals surface area contributed by atoms with Crippen LogP contribution in [0.5, 0.6) is 0 Å². The van der Waals surface area contributed by atoms with E-state index in [2.05, 4.69) is 5.32 Å². The molecular weight excluding hydrogens is 296 g/mol. The molecule has 1 aromatic carbocycles. The minimum Gasteiger partial charge on any atom is -0.395 e. The van der Waals surface area contributed by atoms with E-state index in [9.17, 15) is 14.4 Å². The van der Waals surface area contributed by atoms with Crippen molar-refractivity contribution in [1.82, 2.24) is 4.90 Å². The molecule has 1 aromatic rings. The van der Waals surface area contributed by atoms with E-state index in [4.69, 9.17) is 5.11 Å². The van der Waals surface area contributed by atoms with Crippen LogP contribution < -0.4 is 5.32 Å². The molecule has 0 aromatic heterocycles. The average Bonchev–Trinajstić information content (AvgIpc) is 2.74. The molecule has 1 saturated carbocycles. The number of hydrogen-bond donors (Lipinski definition) is 2. The second kappa shape index (κ2) is 6.34. The van der Waals surface area contributed by atoms with Gasteiger partial charge in [-0.1, -0.05) is 6.42 Å². The summed E-state index contributed by atoms with van der Waals surface area (Å²) < 4.78 is 0. The molecule has 1 fully saturated rings. The molecule has 1 aliphatic heterocycles. The molecule has 0 bridgehead atoms. The minimum atomic E-state index is -0.460. The number of aliphatic hydroxyl groups excluding tert-OH is 1. The lowest BCUT2D eigenvalue weighted by molar-refractivity contribution is -0.137. The lowest BCUT2D eigenvalue weighted by Crippen LogP contribution is -2.34. The average molecular weight is 314 g/mol. The molecule has 2 N–H and O–H groups in total. The number of aliphatic hydroxyl groups is 1.